The molecule has 1 aromatic heterocycles. The van der Waals surface area contributed by atoms with E-state index >= 15 is 0 Å². The van der Waals surface area contributed by atoms with Gasteiger partial charge in [-0.2, -0.15) is 0 Å². The molecule has 4 rings (SSSR count). The minimum atomic E-state index is -0.264. The number of ether oxygens (including phenoxy) is 1. The molecule has 1 aromatic carbocycles. The molecule has 2 atom stereocenters. The fraction of sp³-hybridized carbons (Fsp3) is 0.667. The van der Waals surface area contributed by atoms with Gasteiger partial charge < -0.3 is 24.1 Å². The molecule has 160 valence electrons. The van der Waals surface area contributed by atoms with Crippen LogP contribution in [0.4, 0.5) is 0 Å². The minimum Gasteiger partial charge on any atom is -0.494 e. The SMILES string of the molecule is CCOc1ccc2c(c1)n(CN1CCCC(O)C1)c(=S)n2CN1CCCC(O)C1. The first-order valence-electron chi connectivity index (χ1n) is 10.7. The minimum absolute atomic E-state index is 0.259. The van der Waals surface area contributed by atoms with E-state index in [9.17, 15) is 10.2 Å². The van der Waals surface area contributed by atoms with E-state index in [0.717, 1.165) is 60.3 Å². The molecular formula is C21H32N4O3S. The number of aliphatic hydroxyl groups is 2. The number of piperidine rings is 2. The number of rotatable bonds is 6. The number of imidazole rings is 1. The molecule has 3 heterocycles. The number of benzene rings is 1. The maximum absolute atomic E-state index is 10.1. The van der Waals surface area contributed by atoms with Crippen LogP contribution in [0.3, 0.4) is 0 Å². The Bertz CT molecular complexity index is 896. The second-order valence-electron chi connectivity index (χ2n) is 8.25. The van der Waals surface area contributed by atoms with Gasteiger partial charge in [0.05, 0.1) is 43.2 Å². The van der Waals surface area contributed by atoms with E-state index in [1.165, 1.54) is 0 Å². The third-order valence-electron chi connectivity index (χ3n) is 5.95. The van der Waals surface area contributed by atoms with Crippen molar-refractivity contribution in [2.24, 2.45) is 0 Å². The van der Waals surface area contributed by atoms with Gasteiger partial charge in [0.25, 0.3) is 0 Å². The molecule has 2 unspecified atom stereocenters. The lowest BCUT2D eigenvalue weighted by Gasteiger charge is -2.31. The number of aliphatic hydroxyl groups excluding tert-OH is 2. The molecule has 0 aliphatic carbocycles. The van der Waals surface area contributed by atoms with Crippen molar-refractivity contribution in [3.8, 4) is 5.75 Å². The summed E-state index contributed by atoms with van der Waals surface area (Å²) >= 11 is 5.90. The first-order valence-corrected chi connectivity index (χ1v) is 11.1. The number of fused-ring (bicyclic) bond motifs is 1. The fourth-order valence-electron chi connectivity index (χ4n) is 4.55. The van der Waals surface area contributed by atoms with E-state index in [4.69, 9.17) is 17.0 Å². The van der Waals surface area contributed by atoms with Crippen LogP contribution in [-0.4, -0.2) is 74.1 Å². The van der Waals surface area contributed by atoms with Crippen molar-refractivity contribution in [3.63, 3.8) is 0 Å². The number of likely N-dealkylation sites (tertiary alicyclic amines) is 2. The van der Waals surface area contributed by atoms with E-state index in [1.807, 2.05) is 13.0 Å². The van der Waals surface area contributed by atoms with Gasteiger partial charge in [-0.3, -0.25) is 9.80 Å². The summed E-state index contributed by atoms with van der Waals surface area (Å²) in [7, 11) is 0. The molecule has 2 saturated heterocycles. The monoisotopic (exact) mass is 420 g/mol. The van der Waals surface area contributed by atoms with Gasteiger partial charge in [-0.1, -0.05) is 0 Å². The van der Waals surface area contributed by atoms with Crippen LogP contribution in [0, 0.1) is 4.77 Å². The van der Waals surface area contributed by atoms with Crippen LogP contribution in [0.25, 0.3) is 11.0 Å². The molecule has 7 nitrogen and oxygen atoms in total. The summed E-state index contributed by atoms with van der Waals surface area (Å²) in [6, 6.07) is 6.14. The van der Waals surface area contributed by atoms with Gasteiger partial charge in [0.15, 0.2) is 4.77 Å². The molecule has 29 heavy (non-hydrogen) atoms. The first-order chi connectivity index (χ1) is 14.0. The van der Waals surface area contributed by atoms with E-state index in [2.05, 4.69) is 31.1 Å². The lowest BCUT2D eigenvalue weighted by molar-refractivity contribution is 0.0515. The van der Waals surface area contributed by atoms with Crippen molar-refractivity contribution < 1.29 is 14.9 Å². The number of aromatic nitrogens is 2. The normalized spacial score (nSPS) is 24.2. The average molecular weight is 421 g/mol. The lowest BCUT2D eigenvalue weighted by atomic mass is 10.1. The molecule has 2 aliphatic rings. The zero-order valence-corrected chi connectivity index (χ0v) is 18.0. The smallest absolute Gasteiger partial charge is 0.183 e. The van der Waals surface area contributed by atoms with Crippen LogP contribution in [-0.2, 0) is 13.3 Å². The summed E-state index contributed by atoms with van der Waals surface area (Å²) in [6.07, 6.45) is 3.23. The lowest BCUT2D eigenvalue weighted by Crippen LogP contribution is -2.40. The van der Waals surface area contributed by atoms with Crippen LogP contribution in [0.15, 0.2) is 18.2 Å². The van der Waals surface area contributed by atoms with Crippen LogP contribution in [0.2, 0.25) is 0 Å². The van der Waals surface area contributed by atoms with Crippen LogP contribution in [0.1, 0.15) is 32.6 Å². The highest BCUT2D eigenvalue weighted by molar-refractivity contribution is 7.71. The maximum atomic E-state index is 10.1. The summed E-state index contributed by atoms with van der Waals surface area (Å²) < 4.78 is 10.8. The second kappa shape index (κ2) is 9.14. The molecule has 2 N–H and O–H groups in total. The highest BCUT2D eigenvalue weighted by atomic mass is 32.1. The van der Waals surface area contributed by atoms with Crippen molar-refractivity contribution in [1.29, 1.82) is 0 Å². The van der Waals surface area contributed by atoms with Crippen molar-refractivity contribution >= 4 is 23.3 Å². The van der Waals surface area contributed by atoms with E-state index < -0.39 is 0 Å². The largest absolute Gasteiger partial charge is 0.494 e. The van der Waals surface area contributed by atoms with E-state index in [1.54, 1.807) is 0 Å². The fourth-order valence-corrected chi connectivity index (χ4v) is 4.86. The molecule has 2 aliphatic heterocycles. The van der Waals surface area contributed by atoms with Gasteiger partial charge in [0.2, 0.25) is 0 Å². The highest BCUT2D eigenvalue weighted by Gasteiger charge is 2.22. The Morgan fingerprint density at radius 2 is 1.55 bits per heavy atom. The molecule has 0 bridgehead atoms. The van der Waals surface area contributed by atoms with Gasteiger partial charge in [0.1, 0.15) is 5.75 Å². The van der Waals surface area contributed by atoms with E-state index in [-0.39, 0.29) is 12.2 Å². The molecule has 8 heteroatoms. The van der Waals surface area contributed by atoms with Crippen molar-refractivity contribution in [2.75, 3.05) is 32.8 Å². The molecule has 2 aromatic rings. The Hall–Kier alpha value is -1.45. The number of β-amino-alcohol motifs (C(OH)–C–C–N with tert-alkyl or cyclic N) is 2. The molecule has 0 spiro atoms. The molecular weight excluding hydrogens is 388 g/mol. The van der Waals surface area contributed by atoms with Crippen LogP contribution >= 0.6 is 12.2 Å². The Morgan fingerprint density at radius 3 is 2.10 bits per heavy atom. The third-order valence-corrected chi connectivity index (χ3v) is 6.39. The summed E-state index contributed by atoms with van der Waals surface area (Å²) in [6.45, 7) is 7.25. The predicted molar refractivity (Wildman–Crippen MR) is 116 cm³/mol. The summed E-state index contributed by atoms with van der Waals surface area (Å²) in [5.74, 6) is 0.841. The Morgan fingerprint density at radius 1 is 0.966 bits per heavy atom. The zero-order valence-electron chi connectivity index (χ0n) is 17.2. The zero-order chi connectivity index (χ0) is 20.4. The van der Waals surface area contributed by atoms with Gasteiger partial charge in [-0.15, -0.1) is 0 Å². The number of hydrogen-bond acceptors (Lipinski definition) is 6. The van der Waals surface area contributed by atoms with Crippen LogP contribution < -0.4 is 4.74 Å². The molecule has 0 saturated carbocycles. The highest BCUT2D eigenvalue weighted by Crippen LogP contribution is 2.26. The third kappa shape index (κ3) is 4.67. The van der Waals surface area contributed by atoms with Gasteiger partial charge >= 0.3 is 0 Å². The number of hydrogen-bond donors (Lipinski definition) is 2. The topological polar surface area (TPSA) is 66.0 Å². The Kier molecular flexibility index (Phi) is 6.56. The predicted octanol–water partition coefficient (Wildman–Crippen LogP) is 2.40. The van der Waals surface area contributed by atoms with Crippen LogP contribution in [0.5, 0.6) is 5.75 Å². The quantitative estimate of drug-likeness (QED) is 0.700. The molecule has 2 fully saturated rings. The standard InChI is InChI=1S/C21H32N4O3S/c1-2-28-18-7-8-19-20(11-18)25(15-23-10-4-6-17(27)13-23)21(29)24(19)14-22-9-3-5-16(26)12-22/h7-8,11,16-17,26-27H,2-6,9-10,12-15H2,1H3. The summed E-state index contributed by atoms with van der Waals surface area (Å²) in [5.41, 5.74) is 2.13. The van der Waals surface area contributed by atoms with Crippen molar-refractivity contribution in [3.05, 3.63) is 23.0 Å². The maximum Gasteiger partial charge on any atom is 0.183 e. The summed E-state index contributed by atoms with van der Waals surface area (Å²) in [5, 5.41) is 20.1. The van der Waals surface area contributed by atoms with Gasteiger partial charge in [-0.05, 0) is 57.0 Å². The number of nitrogens with zero attached hydrogens (tertiary/aromatic N) is 4. The Balaban J connectivity index is 1.69. The van der Waals surface area contributed by atoms with Crippen molar-refractivity contribution in [2.45, 2.75) is 58.2 Å². The van der Waals surface area contributed by atoms with Gasteiger partial charge in [-0.25, -0.2) is 0 Å². The first kappa shape index (κ1) is 20.8. The van der Waals surface area contributed by atoms with Gasteiger partial charge in [0, 0.05) is 32.2 Å². The second-order valence-corrected chi connectivity index (χ2v) is 8.62. The van der Waals surface area contributed by atoms with E-state index in [0.29, 0.717) is 33.0 Å². The molecule has 0 radical (unpaired) electrons. The average Bonchev–Trinajstić information content (AvgIpc) is 2.94. The Labute approximate surface area is 177 Å². The summed E-state index contributed by atoms with van der Waals surface area (Å²) in [4.78, 5) is 4.54. The van der Waals surface area contributed by atoms with Crippen molar-refractivity contribution in [1.82, 2.24) is 18.9 Å². The molecule has 0 amide bonds.